The van der Waals surface area contributed by atoms with Gasteiger partial charge in [-0.05, 0) is 12.3 Å². The molecule has 0 aromatic carbocycles. The molecule has 1 aromatic heterocycles. The lowest BCUT2D eigenvalue weighted by atomic mass is 10.0. The van der Waals surface area contributed by atoms with E-state index in [4.69, 9.17) is 10.8 Å². The molecule has 1 atom stereocenters. The summed E-state index contributed by atoms with van der Waals surface area (Å²) in [6.07, 6.45) is 0.677. The van der Waals surface area contributed by atoms with Gasteiger partial charge in [0, 0.05) is 25.8 Å². The Balaban J connectivity index is 2.81. The fourth-order valence-electron chi connectivity index (χ4n) is 1.57. The Morgan fingerprint density at radius 1 is 1.35 bits per heavy atom. The summed E-state index contributed by atoms with van der Waals surface area (Å²) >= 11 is 0. The number of nitrogen functional groups attached to an aromatic ring is 1. The van der Waals surface area contributed by atoms with Crippen LogP contribution in [0.1, 0.15) is 20.3 Å². The Hall–Kier alpha value is -1.56. The molecule has 1 unspecified atom stereocenters. The van der Waals surface area contributed by atoms with Crippen LogP contribution in [0.5, 0.6) is 0 Å². The Morgan fingerprint density at radius 3 is 2.53 bits per heavy atom. The fraction of sp³-hybridized carbons (Fsp3) is 0.636. The van der Waals surface area contributed by atoms with Gasteiger partial charge >= 0.3 is 0 Å². The molecule has 0 aliphatic carbocycles. The van der Waals surface area contributed by atoms with Crippen LogP contribution < -0.4 is 16.4 Å². The van der Waals surface area contributed by atoms with Crippen LogP contribution in [0.15, 0.2) is 6.07 Å². The van der Waals surface area contributed by atoms with Crippen molar-refractivity contribution in [3.05, 3.63) is 6.07 Å². The summed E-state index contributed by atoms with van der Waals surface area (Å²) in [4.78, 5) is 8.14. The maximum atomic E-state index is 9.01. The highest BCUT2D eigenvalue weighted by molar-refractivity contribution is 5.51. The van der Waals surface area contributed by atoms with Gasteiger partial charge in [0.1, 0.15) is 11.6 Å². The molecular formula is C11H21N5O. The number of aromatic nitrogens is 2. The molecule has 17 heavy (non-hydrogen) atoms. The molecule has 6 heteroatoms. The Bertz CT molecular complexity index is 356. The van der Waals surface area contributed by atoms with E-state index < -0.39 is 0 Å². The molecule has 0 saturated heterocycles. The van der Waals surface area contributed by atoms with E-state index >= 15 is 0 Å². The van der Waals surface area contributed by atoms with E-state index in [2.05, 4.69) is 34.4 Å². The second-order valence-electron chi connectivity index (χ2n) is 4.25. The molecule has 5 N–H and O–H groups in total. The van der Waals surface area contributed by atoms with Crippen molar-refractivity contribution < 1.29 is 5.11 Å². The van der Waals surface area contributed by atoms with Crippen molar-refractivity contribution in [2.75, 3.05) is 30.0 Å². The number of nitrogens with zero attached hydrogens (tertiary/aromatic N) is 2. The number of aliphatic hydroxyl groups excluding tert-OH is 1. The maximum Gasteiger partial charge on any atom is 0.223 e. The highest BCUT2D eigenvalue weighted by atomic mass is 16.3. The van der Waals surface area contributed by atoms with Crippen LogP contribution in [-0.2, 0) is 0 Å². The van der Waals surface area contributed by atoms with E-state index in [-0.39, 0.29) is 18.6 Å². The van der Waals surface area contributed by atoms with Crippen LogP contribution in [0.4, 0.5) is 17.6 Å². The van der Waals surface area contributed by atoms with Crippen molar-refractivity contribution in [1.82, 2.24) is 9.97 Å². The monoisotopic (exact) mass is 239 g/mol. The molecule has 0 fully saturated rings. The number of nitrogens with one attached hydrogen (secondary N) is 2. The molecule has 0 aliphatic rings. The van der Waals surface area contributed by atoms with Crippen molar-refractivity contribution >= 4 is 17.6 Å². The van der Waals surface area contributed by atoms with E-state index in [1.54, 1.807) is 13.1 Å². The quantitative estimate of drug-likeness (QED) is 0.589. The highest BCUT2D eigenvalue weighted by Gasteiger charge is 2.13. The van der Waals surface area contributed by atoms with Crippen molar-refractivity contribution in [3.63, 3.8) is 0 Å². The van der Waals surface area contributed by atoms with Crippen molar-refractivity contribution in [3.8, 4) is 0 Å². The smallest absolute Gasteiger partial charge is 0.223 e. The standard InChI is InChI=1S/C11H21N5O/c1-7(2)8(4-5-17)14-10-6-9(13-3)15-11(12)16-10/h6-8,17H,4-5H2,1-3H3,(H4,12,13,14,15,16). The van der Waals surface area contributed by atoms with E-state index in [1.807, 2.05) is 0 Å². The molecule has 1 heterocycles. The van der Waals surface area contributed by atoms with Gasteiger partial charge in [-0.1, -0.05) is 13.8 Å². The first-order valence-corrected chi connectivity index (χ1v) is 5.76. The average Bonchev–Trinajstić information content (AvgIpc) is 2.27. The third kappa shape index (κ3) is 4.07. The Morgan fingerprint density at radius 2 is 2.00 bits per heavy atom. The molecule has 0 bridgehead atoms. The first kappa shape index (κ1) is 13.5. The number of aliphatic hydroxyl groups is 1. The first-order valence-electron chi connectivity index (χ1n) is 5.76. The minimum atomic E-state index is 0.148. The summed E-state index contributed by atoms with van der Waals surface area (Å²) in [5, 5.41) is 15.2. The lowest BCUT2D eigenvalue weighted by Gasteiger charge is -2.22. The zero-order valence-corrected chi connectivity index (χ0v) is 10.6. The van der Waals surface area contributed by atoms with Crippen LogP contribution in [0, 0.1) is 5.92 Å². The summed E-state index contributed by atoms with van der Waals surface area (Å²) in [6.45, 7) is 4.34. The fourth-order valence-corrected chi connectivity index (χ4v) is 1.57. The lowest BCUT2D eigenvalue weighted by molar-refractivity contribution is 0.267. The third-order valence-electron chi connectivity index (χ3n) is 2.58. The van der Waals surface area contributed by atoms with Gasteiger partial charge in [-0.25, -0.2) is 0 Å². The van der Waals surface area contributed by atoms with Crippen LogP contribution in [0.2, 0.25) is 0 Å². The second-order valence-corrected chi connectivity index (χ2v) is 4.25. The van der Waals surface area contributed by atoms with E-state index in [9.17, 15) is 0 Å². The minimum Gasteiger partial charge on any atom is -0.396 e. The van der Waals surface area contributed by atoms with E-state index in [1.165, 1.54) is 0 Å². The lowest BCUT2D eigenvalue weighted by Crippen LogP contribution is -2.27. The average molecular weight is 239 g/mol. The van der Waals surface area contributed by atoms with Crippen LogP contribution in [0.3, 0.4) is 0 Å². The van der Waals surface area contributed by atoms with Crippen molar-refractivity contribution in [2.24, 2.45) is 5.92 Å². The van der Waals surface area contributed by atoms with Crippen LogP contribution in [0.25, 0.3) is 0 Å². The molecule has 96 valence electrons. The van der Waals surface area contributed by atoms with Gasteiger partial charge in [0.25, 0.3) is 0 Å². The summed E-state index contributed by atoms with van der Waals surface area (Å²) in [7, 11) is 1.78. The molecule has 1 rings (SSSR count). The zero-order chi connectivity index (χ0) is 12.8. The van der Waals surface area contributed by atoms with Crippen LogP contribution >= 0.6 is 0 Å². The van der Waals surface area contributed by atoms with Gasteiger partial charge in [0.05, 0.1) is 0 Å². The number of rotatable bonds is 6. The predicted octanol–water partition coefficient (Wildman–Crippen LogP) is 0.919. The molecule has 0 aliphatic heterocycles. The number of hydrogen-bond acceptors (Lipinski definition) is 6. The minimum absolute atomic E-state index is 0.148. The summed E-state index contributed by atoms with van der Waals surface area (Å²) in [5.74, 6) is 1.97. The van der Waals surface area contributed by atoms with Crippen molar-refractivity contribution in [1.29, 1.82) is 0 Å². The number of nitrogens with two attached hydrogens (primary N) is 1. The van der Waals surface area contributed by atoms with Gasteiger partial charge in [-0.15, -0.1) is 0 Å². The van der Waals surface area contributed by atoms with E-state index in [0.717, 1.165) is 0 Å². The summed E-state index contributed by atoms with van der Waals surface area (Å²) in [6, 6.07) is 1.96. The number of hydrogen-bond donors (Lipinski definition) is 4. The molecule has 0 saturated carbocycles. The van der Waals surface area contributed by atoms with Gasteiger partial charge in [0.2, 0.25) is 5.95 Å². The highest BCUT2D eigenvalue weighted by Crippen LogP contribution is 2.16. The zero-order valence-electron chi connectivity index (χ0n) is 10.6. The van der Waals surface area contributed by atoms with Gasteiger partial charge in [-0.2, -0.15) is 9.97 Å². The predicted molar refractivity (Wildman–Crippen MR) is 69.9 cm³/mol. The topological polar surface area (TPSA) is 96.1 Å². The molecule has 0 radical (unpaired) electrons. The molecule has 0 spiro atoms. The van der Waals surface area contributed by atoms with Gasteiger partial charge in [-0.3, -0.25) is 0 Å². The Labute approximate surface area is 102 Å². The summed E-state index contributed by atoms with van der Waals surface area (Å²) < 4.78 is 0. The number of anilines is 3. The second kappa shape index (κ2) is 6.24. The Kier molecular flexibility index (Phi) is 4.96. The molecule has 0 amide bonds. The first-order chi connectivity index (χ1) is 8.06. The van der Waals surface area contributed by atoms with Crippen LogP contribution in [-0.4, -0.2) is 34.8 Å². The molecule has 1 aromatic rings. The normalized spacial score (nSPS) is 12.5. The molecule has 6 nitrogen and oxygen atoms in total. The maximum absolute atomic E-state index is 9.01. The van der Waals surface area contributed by atoms with Gasteiger partial charge < -0.3 is 21.5 Å². The van der Waals surface area contributed by atoms with Gasteiger partial charge in [0.15, 0.2) is 0 Å². The summed E-state index contributed by atoms with van der Waals surface area (Å²) in [5.41, 5.74) is 5.61. The molecular weight excluding hydrogens is 218 g/mol. The largest absolute Gasteiger partial charge is 0.396 e. The van der Waals surface area contributed by atoms with E-state index in [0.29, 0.717) is 24.0 Å². The SMILES string of the molecule is CNc1cc(NC(CCO)C(C)C)nc(N)n1. The third-order valence-corrected chi connectivity index (χ3v) is 2.58. The van der Waals surface area contributed by atoms with Crippen molar-refractivity contribution in [2.45, 2.75) is 26.3 Å².